The summed E-state index contributed by atoms with van der Waals surface area (Å²) in [5, 5.41) is 0. The zero-order chi connectivity index (χ0) is 12.7. The van der Waals surface area contributed by atoms with Crippen molar-refractivity contribution < 1.29 is 4.79 Å². The molecule has 0 radical (unpaired) electrons. The van der Waals surface area contributed by atoms with E-state index in [9.17, 15) is 4.79 Å². The molecule has 0 N–H and O–H groups in total. The maximum absolute atomic E-state index is 12.2. The molecule has 0 amide bonds. The van der Waals surface area contributed by atoms with Crippen molar-refractivity contribution in [1.82, 2.24) is 0 Å². The van der Waals surface area contributed by atoms with Crippen molar-refractivity contribution in [2.45, 2.75) is 53.4 Å². The van der Waals surface area contributed by atoms with E-state index in [2.05, 4.69) is 45.9 Å². The molecule has 1 nitrogen and oxygen atoms in total. The summed E-state index contributed by atoms with van der Waals surface area (Å²) in [4.78, 5) is 12.2. The highest BCUT2D eigenvalue weighted by Crippen LogP contribution is 2.64. The summed E-state index contributed by atoms with van der Waals surface area (Å²) in [5.41, 5.74) is 1.37. The van der Waals surface area contributed by atoms with E-state index in [0.29, 0.717) is 11.7 Å². The molecule has 0 aromatic rings. The summed E-state index contributed by atoms with van der Waals surface area (Å²) >= 11 is 0. The fourth-order valence-electron chi connectivity index (χ4n) is 3.60. The smallest absolute Gasteiger partial charge is 0.143 e. The Hall–Kier alpha value is -0.850. The zero-order valence-corrected chi connectivity index (χ0v) is 11.5. The molecule has 2 fully saturated rings. The summed E-state index contributed by atoms with van der Waals surface area (Å²) < 4.78 is 0. The maximum atomic E-state index is 12.2. The number of fused-ring (bicyclic) bond motifs is 2. The van der Waals surface area contributed by atoms with Crippen LogP contribution >= 0.6 is 0 Å². The normalized spacial score (nSPS) is 36.1. The van der Waals surface area contributed by atoms with Crippen molar-refractivity contribution in [3.8, 4) is 0 Å². The Morgan fingerprint density at radius 1 is 1.47 bits per heavy atom. The van der Waals surface area contributed by atoms with Gasteiger partial charge in [-0.15, -0.1) is 0 Å². The van der Waals surface area contributed by atoms with E-state index in [-0.39, 0.29) is 10.8 Å². The molecule has 1 heteroatoms. The van der Waals surface area contributed by atoms with E-state index in [1.165, 1.54) is 12.0 Å². The first kappa shape index (κ1) is 12.6. The second-order valence-electron chi connectivity index (χ2n) is 6.28. The molecule has 0 aliphatic heterocycles. The van der Waals surface area contributed by atoms with Crippen molar-refractivity contribution in [2.24, 2.45) is 16.7 Å². The van der Waals surface area contributed by atoms with Crippen molar-refractivity contribution in [2.75, 3.05) is 0 Å². The third kappa shape index (κ3) is 1.71. The molecule has 2 unspecified atom stereocenters. The third-order valence-corrected chi connectivity index (χ3v) is 5.31. The lowest BCUT2D eigenvalue weighted by Gasteiger charge is -2.33. The number of rotatable bonds is 3. The van der Waals surface area contributed by atoms with Gasteiger partial charge < -0.3 is 0 Å². The highest BCUT2D eigenvalue weighted by Gasteiger charge is 2.62. The van der Waals surface area contributed by atoms with Crippen LogP contribution in [0.4, 0.5) is 0 Å². The molecule has 2 aliphatic carbocycles. The van der Waals surface area contributed by atoms with Gasteiger partial charge in [-0.05, 0) is 37.5 Å². The van der Waals surface area contributed by atoms with Crippen LogP contribution in [-0.4, -0.2) is 5.78 Å². The van der Waals surface area contributed by atoms with Gasteiger partial charge in [0, 0.05) is 6.42 Å². The highest BCUT2D eigenvalue weighted by molar-refractivity contribution is 5.91. The van der Waals surface area contributed by atoms with Crippen LogP contribution in [0.3, 0.4) is 0 Å². The Kier molecular flexibility index (Phi) is 3.05. The Morgan fingerprint density at radius 3 is 2.65 bits per heavy atom. The van der Waals surface area contributed by atoms with Crippen molar-refractivity contribution in [3.63, 3.8) is 0 Å². The van der Waals surface area contributed by atoms with Crippen LogP contribution in [0.25, 0.3) is 0 Å². The maximum Gasteiger partial charge on any atom is 0.143 e. The van der Waals surface area contributed by atoms with Crippen LogP contribution in [0, 0.1) is 16.7 Å². The number of Topliss-reactive ketones (excluding diaryl/α,β-unsaturated/α-hetero) is 1. The van der Waals surface area contributed by atoms with Crippen LogP contribution in [-0.2, 0) is 4.79 Å². The third-order valence-electron chi connectivity index (χ3n) is 5.31. The van der Waals surface area contributed by atoms with Gasteiger partial charge in [-0.2, -0.15) is 0 Å². The average molecular weight is 232 g/mol. The van der Waals surface area contributed by atoms with Crippen LogP contribution in [0.5, 0.6) is 0 Å². The number of hydrogen-bond donors (Lipinski definition) is 0. The molecule has 0 aromatic heterocycles. The molecule has 94 valence electrons. The van der Waals surface area contributed by atoms with Crippen LogP contribution < -0.4 is 0 Å². The van der Waals surface area contributed by atoms with Gasteiger partial charge in [0.1, 0.15) is 5.78 Å². The van der Waals surface area contributed by atoms with Gasteiger partial charge in [0.05, 0.1) is 5.41 Å². The molecule has 0 saturated heterocycles. The van der Waals surface area contributed by atoms with Crippen LogP contribution in [0.15, 0.2) is 23.8 Å². The minimum Gasteiger partial charge on any atom is -0.299 e. The molecule has 2 aliphatic rings. The lowest BCUT2D eigenvalue weighted by atomic mass is 9.69. The van der Waals surface area contributed by atoms with Crippen molar-refractivity contribution in [3.05, 3.63) is 23.8 Å². The molecule has 0 spiro atoms. The van der Waals surface area contributed by atoms with E-state index in [1.807, 2.05) is 0 Å². The minimum absolute atomic E-state index is 0.161. The van der Waals surface area contributed by atoms with E-state index in [4.69, 9.17) is 0 Å². The van der Waals surface area contributed by atoms with Gasteiger partial charge in [-0.1, -0.05) is 44.6 Å². The largest absolute Gasteiger partial charge is 0.299 e. The second kappa shape index (κ2) is 4.12. The summed E-state index contributed by atoms with van der Waals surface area (Å²) in [6.45, 7) is 8.85. The Bertz CT molecular complexity index is 386. The molecule has 17 heavy (non-hydrogen) atoms. The topological polar surface area (TPSA) is 17.1 Å². The van der Waals surface area contributed by atoms with Crippen molar-refractivity contribution in [1.29, 1.82) is 0 Å². The number of ketones is 1. The molecular weight excluding hydrogens is 208 g/mol. The fourth-order valence-corrected chi connectivity index (χ4v) is 3.60. The molecule has 0 heterocycles. The first-order chi connectivity index (χ1) is 7.94. The van der Waals surface area contributed by atoms with Crippen molar-refractivity contribution >= 4 is 5.78 Å². The highest BCUT2D eigenvalue weighted by atomic mass is 16.1. The van der Waals surface area contributed by atoms with E-state index in [1.54, 1.807) is 0 Å². The molecule has 2 saturated carbocycles. The number of carbonyl (C=O) groups excluding carboxylic acids is 1. The lowest BCUT2D eigenvalue weighted by Crippen LogP contribution is -2.33. The summed E-state index contributed by atoms with van der Waals surface area (Å²) in [6.07, 6.45) is 10.6. The van der Waals surface area contributed by atoms with Crippen LogP contribution in [0.2, 0.25) is 0 Å². The number of allylic oxidation sites excluding steroid dienone is 4. The Labute approximate surface area is 105 Å². The molecular formula is C16H24O. The van der Waals surface area contributed by atoms with Gasteiger partial charge in [0.15, 0.2) is 0 Å². The van der Waals surface area contributed by atoms with Gasteiger partial charge in [-0.3, -0.25) is 4.79 Å². The molecule has 2 bridgehead atoms. The molecule has 2 rings (SSSR count). The van der Waals surface area contributed by atoms with Gasteiger partial charge in [0.25, 0.3) is 0 Å². The first-order valence-corrected chi connectivity index (χ1v) is 6.82. The predicted molar refractivity (Wildman–Crippen MR) is 71.8 cm³/mol. The Balaban J connectivity index is 2.27. The van der Waals surface area contributed by atoms with E-state index < -0.39 is 0 Å². The Morgan fingerprint density at radius 2 is 2.18 bits per heavy atom. The van der Waals surface area contributed by atoms with Gasteiger partial charge in [-0.25, -0.2) is 0 Å². The first-order valence-electron chi connectivity index (χ1n) is 6.82. The fraction of sp³-hybridized carbons (Fsp3) is 0.688. The minimum atomic E-state index is -0.164. The summed E-state index contributed by atoms with van der Waals surface area (Å²) in [5.74, 6) is 1.08. The molecule has 0 aromatic carbocycles. The average Bonchev–Trinajstić information content (AvgIpc) is 2.62. The monoisotopic (exact) mass is 232 g/mol. The summed E-state index contributed by atoms with van der Waals surface area (Å²) in [6, 6.07) is 0. The predicted octanol–water partition coefficient (Wildman–Crippen LogP) is 4.29. The zero-order valence-electron chi connectivity index (χ0n) is 11.5. The standard InChI is InChI=1S/C16H24O/c1-5-12(2)7-6-9-16-10-8-13(11-14(16)17)15(16,3)4/h6-7,9,13H,5,8,10-11H2,1-4H3. The van der Waals surface area contributed by atoms with E-state index >= 15 is 0 Å². The second-order valence-corrected chi connectivity index (χ2v) is 6.28. The quantitative estimate of drug-likeness (QED) is 0.663. The van der Waals surface area contributed by atoms with Gasteiger partial charge in [0.2, 0.25) is 0 Å². The van der Waals surface area contributed by atoms with Crippen LogP contribution in [0.1, 0.15) is 53.4 Å². The van der Waals surface area contributed by atoms with Gasteiger partial charge >= 0.3 is 0 Å². The number of hydrogen-bond acceptors (Lipinski definition) is 1. The summed E-state index contributed by atoms with van der Waals surface area (Å²) in [7, 11) is 0. The molecule has 2 atom stereocenters. The SMILES string of the molecule is CCC(C)=CC=CC12CCC(CC1=O)C2(C)C. The van der Waals surface area contributed by atoms with E-state index in [0.717, 1.165) is 19.3 Å². The number of carbonyl (C=O) groups is 1. The lowest BCUT2D eigenvalue weighted by molar-refractivity contribution is -0.126.